The van der Waals surface area contributed by atoms with E-state index in [9.17, 15) is 0 Å². The van der Waals surface area contributed by atoms with Gasteiger partial charge in [-0.05, 0) is 36.6 Å². The quantitative estimate of drug-likeness (QED) is 0.525. The topological polar surface area (TPSA) is 13.1 Å². The maximum Gasteiger partial charge on any atom is 0.134 e. The van der Waals surface area contributed by atoms with Gasteiger partial charge in [0.05, 0.1) is 6.42 Å². The van der Waals surface area contributed by atoms with Gasteiger partial charge in [-0.1, -0.05) is 38.2 Å². The van der Waals surface area contributed by atoms with Crippen LogP contribution in [0, 0.1) is 12.3 Å². The van der Waals surface area contributed by atoms with Gasteiger partial charge in [0.15, 0.2) is 0 Å². The van der Waals surface area contributed by atoms with Gasteiger partial charge in [0.25, 0.3) is 0 Å². The van der Waals surface area contributed by atoms with Crippen molar-refractivity contribution >= 4 is 11.0 Å². The van der Waals surface area contributed by atoms with Gasteiger partial charge in [-0.3, -0.25) is 0 Å². The molecule has 1 nitrogen and oxygen atoms in total. The van der Waals surface area contributed by atoms with Crippen molar-refractivity contribution < 1.29 is 4.42 Å². The van der Waals surface area contributed by atoms with E-state index in [1.165, 1.54) is 36.6 Å². The lowest BCUT2D eigenvalue weighted by atomic mass is 10.0. The van der Waals surface area contributed by atoms with E-state index in [2.05, 4.69) is 37.1 Å². The van der Waals surface area contributed by atoms with Crippen molar-refractivity contribution in [2.24, 2.45) is 0 Å². The molecule has 0 radical (unpaired) electrons. The second-order valence-electron chi connectivity index (χ2n) is 4.78. The zero-order valence-electron chi connectivity index (χ0n) is 11.0. The highest BCUT2D eigenvalue weighted by Crippen LogP contribution is 2.22. The van der Waals surface area contributed by atoms with Crippen LogP contribution >= 0.6 is 0 Å². The summed E-state index contributed by atoms with van der Waals surface area (Å²) in [7, 11) is 0. The first-order valence-electron chi connectivity index (χ1n) is 6.78. The molecule has 0 unspecified atom stereocenters. The van der Waals surface area contributed by atoms with E-state index in [1.54, 1.807) is 0 Å². The zero-order valence-corrected chi connectivity index (χ0v) is 11.0. The summed E-state index contributed by atoms with van der Waals surface area (Å²) in [4.78, 5) is 0. The first kappa shape index (κ1) is 12.8. The highest BCUT2D eigenvalue weighted by Gasteiger charge is 2.03. The van der Waals surface area contributed by atoms with Crippen molar-refractivity contribution in [3.05, 3.63) is 35.6 Å². The van der Waals surface area contributed by atoms with Crippen LogP contribution in [0.3, 0.4) is 0 Å². The number of hydrogen-bond acceptors (Lipinski definition) is 1. The lowest BCUT2D eigenvalue weighted by molar-refractivity contribution is 0.567. The first-order chi connectivity index (χ1) is 8.83. The Bertz CT molecular complexity index is 542. The first-order valence-corrected chi connectivity index (χ1v) is 6.78. The van der Waals surface area contributed by atoms with Gasteiger partial charge in [-0.2, -0.15) is 0 Å². The van der Waals surface area contributed by atoms with E-state index >= 15 is 0 Å². The van der Waals surface area contributed by atoms with E-state index < -0.39 is 0 Å². The van der Waals surface area contributed by atoms with Crippen molar-refractivity contribution in [2.75, 3.05) is 0 Å². The highest BCUT2D eigenvalue weighted by molar-refractivity contribution is 5.78. The predicted molar refractivity (Wildman–Crippen MR) is 76.6 cm³/mol. The minimum absolute atomic E-state index is 0.570. The maximum atomic E-state index is 5.66. The van der Waals surface area contributed by atoms with E-state index in [0.717, 1.165) is 17.8 Å². The van der Waals surface area contributed by atoms with Gasteiger partial charge in [-0.15, -0.1) is 6.42 Å². The molecule has 2 aromatic rings. The van der Waals surface area contributed by atoms with Gasteiger partial charge in [0.2, 0.25) is 0 Å². The predicted octanol–water partition coefficient (Wildman–Crippen LogP) is 4.73. The molecule has 0 aliphatic rings. The molecule has 0 aliphatic heterocycles. The summed E-state index contributed by atoms with van der Waals surface area (Å²) < 4.78 is 5.66. The summed E-state index contributed by atoms with van der Waals surface area (Å²) in [5.41, 5.74) is 2.34. The largest absolute Gasteiger partial charge is 0.460 e. The molecule has 0 bridgehead atoms. The van der Waals surface area contributed by atoms with Crippen molar-refractivity contribution in [3.63, 3.8) is 0 Å². The number of benzene rings is 1. The molecule has 0 fully saturated rings. The van der Waals surface area contributed by atoms with Crippen molar-refractivity contribution in [1.29, 1.82) is 0 Å². The van der Waals surface area contributed by atoms with Crippen molar-refractivity contribution in [1.82, 2.24) is 0 Å². The van der Waals surface area contributed by atoms with Crippen molar-refractivity contribution in [3.8, 4) is 12.3 Å². The number of aryl methyl sites for hydroxylation is 1. The van der Waals surface area contributed by atoms with Crippen LogP contribution in [-0.2, 0) is 12.8 Å². The summed E-state index contributed by atoms with van der Waals surface area (Å²) in [5.74, 6) is 3.50. The fourth-order valence-electron chi connectivity index (χ4n) is 2.25. The Hall–Kier alpha value is -1.68. The molecular weight excluding hydrogens is 220 g/mol. The van der Waals surface area contributed by atoms with E-state index in [0.29, 0.717) is 6.42 Å². The number of hydrogen-bond donors (Lipinski definition) is 0. The molecule has 18 heavy (non-hydrogen) atoms. The minimum atomic E-state index is 0.570. The smallest absolute Gasteiger partial charge is 0.134 e. The lowest BCUT2D eigenvalue weighted by Crippen LogP contribution is -1.85. The van der Waals surface area contributed by atoms with E-state index in [4.69, 9.17) is 10.8 Å². The van der Waals surface area contributed by atoms with Crippen LogP contribution in [0.1, 0.15) is 43.9 Å². The van der Waals surface area contributed by atoms with Gasteiger partial charge < -0.3 is 4.42 Å². The normalized spacial score (nSPS) is 10.7. The number of unbranched alkanes of at least 4 members (excludes halogenated alkanes) is 3. The molecular formula is C17H20O. The molecule has 1 heterocycles. The molecule has 0 aliphatic carbocycles. The van der Waals surface area contributed by atoms with Crippen LogP contribution in [0.4, 0.5) is 0 Å². The SMILES string of the molecule is C#CCc1cc2cc(CCCCCC)ccc2o1. The second-order valence-corrected chi connectivity index (χ2v) is 4.78. The molecule has 0 amide bonds. The molecule has 1 aromatic carbocycles. The number of rotatable bonds is 6. The zero-order chi connectivity index (χ0) is 12.8. The molecule has 0 saturated carbocycles. The van der Waals surface area contributed by atoms with Crippen LogP contribution < -0.4 is 0 Å². The Morgan fingerprint density at radius 3 is 2.83 bits per heavy atom. The van der Waals surface area contributed by atoms with E-state index in [-0.39, 0.29) is 0 Å². The molecule has 0 atom stereocenters. The van der Waals surface area contributed by atoms with Gasteiger partial charge in [0, 0.05) is 5.39 Å². The number of furan rings is 1. The van der Waals surface area contributed by atoms with Crippen molar-refractivity contribution in [2.45, 2.75) is 45.4 Å². The molecule has 0 spiro atoms. The molecule has 1 aromatic heterocycles. The average Bonchev–Trinajstić information content (AvgIpc) is 2.76. The standard InChI is InChI=1S/C17H20O/c1-3-5-6-7-9-14-10-11-17-15(12-14)13-16(18-17)8-4-2/h2,10-13H,3,5-9H2,1H3. The number of fused-ring (bicyclic) bond motifs is 1. The van der Waals surface area contributed by atoms with Gasteiger partial charge in [-0.25, -0.2) is 0 Å². The molecule has 94 valence electrons. The third kappa shape index (κ3) is 3.17. The highest BCUT2D eigenvalue weighted by atomic mass is 16.3. The Balaban J connectivity index is 2.05. The lowest BCUT2D eigenvalue weighted by Gasteiger charge is -2.00. The average molecular weight is 240 g/mol. The van der Waals surface area contributed by atoms with Crippen LogP contribution in [0.2, 0.25) is 0 Å². The van der Waals surface area contributed by atoms with Crippen LogP contribution in [0.5, 0.6) is 0 Å². The van der Waals surface area contributed by atoms with E-state index in [1.807, 2.05) is 0 Å². The Morgan fingerprint density at radius 2 is 2.06 bits per heavy atom. The van der Waals surface area contributed by atoms with Gasteiger partial charge >= 0.3 is 0 Å². The fourth-order valence-corrected chi connectivity index (χ4v) is 2.25. The molecule has 0 saturated heterocycles. The number of terminal acetylenes is 1. The summed E-state index contributed by atoms with van der Waals surface area (Å²) in [6, 6.07) is 8.51. The Kier molecular flexibility index (Phi) is 4.47. The van der Waals surface area contributed by atoms with Crippen LogP contribution in [0.15, 0.2) is 28.7 Å². The monoisotopic (exact) mass is 240 g/mol. The third-order valence-electron chi connectivity index (χ3n) is 3.23. The summed E-state index contributed by atoms with van der Waals surface area (Å²) in [5, 5.41) is 1.17. The minimum Gasteiger partial charge on any atom is -0.460 e. The van der Waals surface area contributed by atoms with Gasteiger partial charge in [0.1, 0.15) is 11.3 Å². The Labute approximate surface area is 109 Å². The Morgan fingerprint density at radius 1 is 1.17 bits per heavy atom. The third-order valence-corrected chi connectivity index (χ3v) is 3.23. The molecule has 0 N–H and O–H groups in total. The van der Waals surface area contributed by atoms with Crippen LogP contribution in [-0.4, -0.2) is 0 Å². The van der Waals surface area contributed by atoms with Crippen LogP contribution in [0.25, 0.3) is 11.0 Å². The molecule has 2 rings (SSSR count). The summed E-state index contributed by atoms with van der Waals surface area (Å²) in [6.45, 7) is 2.24. The summed E-state index contributed by atoms with van der Waals surface area (Å²) >= 11 is 0. The molecule has 1 heteroatoms. The maximum absolute atomic E-state index is 5.66. The fraction of sp³-hybridized carbons (Fsp3) is 0.412. The second kappa shape index (κ2) is 6.31. The summed E-state index contributed by atoms with van der Waals surface area (Å²) in [6.07, 6.45) is 12.2.